The average Bonchev–Trinajstić information content (AvgIpc) is 3.24. The molecule has 0 amide bonds. The van der Waals surface area contributed by atoms with Gasteiger partial charge in [0.05, 0.1) is 13.7 Å². The van der Waals surface area contributed by atoms with Gasteiger partial charge in [0.25, 0.3) is 0 Å². The number of aromatic nitrogens is 1. The molecule has 0 aliphatic carbocycles. The van der Waals surface area contributed by atoms with Gasteiger partial charge in [-0.05, 0) is 42.7 Å². The molecule has 6 heteroatoms. The SMILES string of the molecule is CCOC(=O)CCc1ccc(OC)c(OCc2coc(C=Cc3ccccc3)n2)c1. The van der Waals surface area contributed by atoms with Crippen LogP contribution in [0.3, 0.4) is 0 Å². The van der Waals surface area contributed by atoms with E-state index in [1.54, 1.807) is 20.3 Å². The van der Waals surface area contributed by atoms with Gasteiger partial charge in [-0.1, -0.05) is 36.4 Å². The highest BCUT2D eigenvalue weighted by Crippen LogP contribution is 2.29. The molecule has 0 atom stereocenters. The van der Waals surface area contributed by atoms with Crippen molar-refractivity contribution < 1.29 is 23.4 Å². The molecule has 1 aromatic heterocycles. The zero-order valence-corrected chi connectivity index (χ0v) is 17.2. The van der Waals surface area contributed by atoms with Crippen LogP contribution in [-0.2, 0) is 22.6 Å². The predicted molar refractivity (Wildman–Crippen MR) is 114 cm³/mol. The smallest absolute Gasteiger partial charge is 0.306 e. The second-order valence-electron chi connectivity index (χ2n) is 6.50. The lowest BCUT2D eigenvalue weighted by Crippen LogP contribution is -2.05. The number of hydrogen-bond acceptors (Lipinski definition) is 6. The average molecular weight is 407 g/mol. The van der Waals surface area contributed by atoms with Gasteiger partial charge in [-0.3, -0.25) is 4.79 Å². The number of carbonyl (C=O) groups excluding carboxylic acids is 1. The molecule has 30 heavy (non-hydrogen) atoms. The van der Waals surface area contributed by atoms with Crippen molar-refractivity contribution in [3.8, 4) is 11.5 Å². The topological polar surface area (TPSA) is 70.8 Å². The maximum atomic E-state index is 11.6. The monoisotopic (exact) mass is 407 g/mol. The van der Waals surface area contributed by atoms with Crippen LogP contribution in [0.1, 0.15) is 36.1 Å². The Bertz CT molecular complexity index is 978. The van der Waals surface area contributed by atoms with E-state index in [1.807, 2.05) is 60.7 Å². The minimum Gasteiger partial charge on any atom is -0.493 e. The van der Waals surface area contributed by atoms with Gasteiger partial charge in [-0.2, -0.15) is 0 Å². The minimum atomic E-state index is -0.213. The highest BCUT2D eigenvalue weighted by Gasteiger charge is 2.10. The molecule has 0 aliphatic rings. The first kappa shape index (κ1) is 21.2. The fourth-order valence-electron chi connectivity index (χ4n) is 2.82. The summed E-state index contributed by atoms with van der Waals surface area (Å²) in [5, 5.41) is 0. The molecule has 0 N–H and O–H groups in total. The van der Waals surface area contributed by atoms with Crippen molar-refractivity contribution in [3.63, 3.8) is 0 Å². The summed E-state index contributed by atoms with van der Waals surface area (Å²) < 4.78 is 21.7. The zero-order chi connectivity index (χ0) is 21.2. The predicted octanol–water partition coefficient (Wildman–Crippen LogP) is 4.93. The van der Waals surface area contributed by atoms with E-state index in [4.69, 9.17) is 18.6 Å². The van der Waals surface area contributed by atoms with Crippen molar-refractivity contribution in [2.75, 3.05) is 13.7 Å². The summed E-state index contributed by atoms with van der Waals surface area (Å²) in [5.74, 6) is 1.49. The Morgan fingerprint density at radius 1 is 1.10 bits per heavy atom. The maximum Gasteiger partial charge on any atom is 0.306 e. The van der Waals surface area contributed by atoms with Crippen molar-refractivity contribution in [2.24, 2.45) is 0 Å². The number of carbonyl (C=O) groups is 1. The van der Waals surface area contributed by atoms with E-state index >= 15 is 0 Å². The lowest BCUT2D eigenvalue weighted by molar-refractivity contribution is -0.143. The highest BCUT2D eigenvalue weighted by atomic mass is 16.5. The third-order valence-corrected chi connectivity index (χ3v) is 4.31. The van der Waals surface area contributed by atoms with Gasteiger partial charge >= 0.3 is 5.97 Å². The van der Waals surface area contributed by atoms with Gasteiger partial charge < -0.3 is 18.6 Å². The molecule has 0 aliphatic heterocycles. The molecule has 1 heterocycles. The van der Waals surface area contributed by atoms with Crippen LogP contribution in [0.4, 0.5) is 0 Å². The summed E-state index contributed by atoms with van der Waals surface area (Å²) in [5.41, 5.74) is 2.70. The molecule has 0 radical (unpaired) electrons. The normalized spacial score (nSPS) is 10.9. The van der Waals surface area contributed by atoms with E-state index in [-0.39, 0.29) is 12.6 Å². The third-order valence-electron chi connectivity index (χ3n) is 4.31. The number of oxazole rings is 1. The maximum absolute atomic E-state index is 11.6. The first-order valence-corrected chi connectivity index (χ1v) is 9.80. The second kappa shape index (κ2) is 10.9. The van der Waals surface area contributed by atoms with Crippen molar-refractivity contribution in [1.29, 1.82) is 0 Å². The van der Waals surface area contributed by atoms with Gasteiger partial charge in [0, 0.05) is 12.5 Å². The molecule has 0 fully saturated rings. The summed E-state index contributed by atoms with van der Waals surface area (Å²) in [6.45, 7) is 2.42. The number of nitrogens with zero attached hydrogens (tertiary/aromatic N) is 1. The lowest BCUT2D eigenvalue weighted by atomic mass is 10.1. The van der Waals surface area contributed by atoms with E-state index in [9.17, 15) is 4.79 Å². The molecular formula is C24H25NO5. The van der Waals surface area contributed by atoms with Gasteiger partial charge in [-0.25, -0.2) is 4.98 Å². The van der Waals surface area contributed by atoms with Crippen molar-refractivity contribution in [2.45, 2.75) is 26.4 Å². The van der Waals surface area contributed by atoms with Crippen LogP contribution in [0.15, 0.2) is 59.2 Å². The van der Waals surface area contributed by atoms with Gasteiger partial charge in [0.1, 0.15) is 18.6 Å². The molecule has 3 aromatic rings. The van der Waals surface area contributed by atoms with E-state index in [0.717, 1.165) is 11.1 Å². The number of hydrogen-bond donors (Lipinski definition) is 0. The summed E-state index contributed by atoms with van der Waals surface area (Å²) in [7, 11) is 1.59. The van der Waals surface area contributed by atoms with E-state index in [2.05, 4.69) is 4.98 Å². The summed E-state index contributed by atoms with van der Waals surface area (Å²) in [6, 6.07) is 15.5. The first-order chi connectivity index (χ1) is 14.7. The van der Waals surface area contributed by atoms with Gasteiger partial charge in [0.2, 0.25) is 5.89 Å². The van der Waals surface area contributed by atoms with E-state index in [1.165, 1.54) is 0 Å². The van der Waals surface area contributed by atoms with Gasteiger partial charge in [-0.15, -0.1) is 0 Å². The fraction of sp³-hybridized carbons (Fsp3) is 0.250. The van der Waals surface area contributed by atoms with Crippen molar-refractivity contribution >= 4 is 18.1 Å². The molecule has 0 spiro atoms. The molecule has 0 unspecified atom stereocenters. The third kappa shape index (κ3) is 6.24. The van der Waals surface area contributed by atoms with Gasteiger partial charge in [0.15, 0.2) is 11.5 Å². The van der Waals surface area contributed by atoms with Crippen LogP contribution in [0.2, 0.25) is 0 Å². The van der Waals surface area contributed by atoms with Crippen molar-refractivity contribution in [3.05, 3.63) is 77.5 Å². The Kier molecular flexibility index (Phi) is 7.66. The molecule has 3 rings (SSSR count). The molecule has 0 saturated carbocycles. The summed E-state index contributed by atoms with van der Waals surface area (Å²) >= 11 is 0. The molecule has 2 aromatic carbocycles. The Hall–Kier alpha value is -3.54. The Balaban J connectivity index is 1.60. The molecule has 0 bridgehead atoms. The molecule has 0 saturated heterocycles. The number of benzene rings is 2. The zero-order valence-electron chi connectivity index (χ0n) is 17.2. The second-order valence-corrected chi connectivity index (χ2v) is 6.50. The quantitative estimate of drug-likeness (QED) is 0.444. The number of ether oxygens (including phenoxy) is 3. The molecular weight excluding hydrogens is 382 g/mol. The summed E-state index contributed by atoms with van der Waals surface area (Å²) in [4.78, 5) is 16.0. The van der Waals surface area contributed by atoms with Crippen LogP contribution in [0.5, 0.6) is 11.5 Å². The Morgan fingerprint density at radius 2 is 1.93 bits per heavy atom. The van der Waals surface area contributed by atoms with Crippen LogP contribution in [-0.4, -0.2) is 24.7 Å². The number of rotatable bonds is 10. The van der Waals surface area contributed by atoms with Crippen molar-refractivity contribution in [1.82, 2.24) is 4.98 Å². The largest absolute Gasteiger partial charge is 0.493 e. The number of esters is 1. The van der Waals surface area contributed by atoms with Crippen LogP contribution < -0.4 is 9.47 Å². The first-order valence-electron chi connectivity index (χ1n) is 9.80. The molecule has 6 nitrogen and oxygen atoms in total. The number of methoxy groups -OCH3 is 1. The highest BCUT2D eigenvalue weighted by molar-refractivity contribution is 5.69. The Labute approximate surface area is 176 Å². The minimum absolute atomic E-state index is 0.213. The van der Waals surface area contributed by atoms with E-state index in [0.29, 0.717) is 42.5 Å². The Morgan fingerprint density at radius 3 is 2.70 bits per heavy atom. The van der Waals surface area contributed by atoms with Crippen LogP contribution in [0.25, 0.3) is 12.2 Å². The summed E-state index contributed by atoms with van der Waals surface area (Å²) in [6.07, 6.45) is 6.21. The van der Waals surface area contributed by atoms with Crippen LogP contribution >= 0.6 is 0 Å². The van der Waals surface area contributed by atoms with Crippen LogP contribution in [0, 0.1) is 0 Å². The van der Waals surface area contributed by atoms with E-state index < -0.39 is 0 Å². The fourth-order valence-corrected chi connectivity index (χ4v) is 2.82. The number of aryl methyl sites for hydroxylation is 1. The standard InChI is InChI=1S/C24H25NO5/c1-3-28-24(26)14-11-19-9-12-21(27-2)22(15-19)29-16-20-17-30-23(25-20)13-10-18-7-5-4-6-8-18/h4-10,12-13,15,17H,3,11,14,16H2,1-2H3. The lowest BCUT2D eigenvalue weighted by Gasteiger charge is -2.11. The molecule has 156 valence electrons.